The Bertz CT molecular complexity index is 1230. The molecule has 0 aliphatic carbocycles. The summed E-state index contributed by atoms with van der Waals surface area (Å²) >= 11 is 0. The first-order chi connectivity index (χ1) is 16.6. The van der Waals surface area contributed by atoms with E-state index < -0.39 is 0 Å². The maximum atomic E-state index is 13.1. The Morgan fingerprint density at radius 2 is 1.85 bits per heavy atom. The first-order valence-corrected chi connectivity index (χ1v) is 11.4. The lowest BCUT2D eigenvalue weighted by atomic mass is 10.2. The number of hydrogen-bond acceptors (Lipinski definition) is 6. The molecule has 0 radical (unpaired) electrons. The average Bonchev–Trinajstić information content (AvgIpc) is 3.53. The number of para-hydroxylation sites is 1. The van der Waals surface area contributed by atoms with Crippen LogP contribution in [0, 0.1) is 0 Å². The number of morpholine rings is 1. The highest BCUT2D eigenvalue weighted by atomic mass is 16.5. The van der Waals surface area contributed by atoms with E-state index in [0.29, 0.717) is 23.7 Å². The molecule has 1 aliphatic heterocycles. The summed E-state index contributed by atoms with van der Waals surface area (Å²) in [5.41, 5.74) is 2.74. The molecule has 0 bridgehead atoms. The van der Waals surface area contributed by atoms with E-state index in [1.807, 2.05) is 54.7 Å². The summed E-state index contributed by atoms with van der Waals surface area (Å²) in [5.74, 6) is 1.30. The highest BCUT2D eigenvalue weighted by Crippen LogP contribution is 2.23. The van der Waals surface area contributed by atoms with E-state index in [9.17, 15) is 4.79 Å². The van der Waals surface area contributed by atoms with Crippen molar-refractivity contribution in [2.24, 2.45) is 0 Å². The van der Waals surface area contributed by atoms with Gasteiger partial charge in [0.15, 0.2) is 5.76 Å². The average molecular weight is 458 g/mol. The largest absolute Gasteiger partial charge is 0.463 e. The summed E-state index contributed by atoms with van der Waals surface area (Å²) < 4.78 is 12.9. The highest BCUT2D eigenvalue weighted by Gasteiger charge is 2.23. The maximum absolute atomic E-state index is 13.1. The Morgan fingerprint density at radius 3 is 2.53 bits per heavy atom. The Labute approximate surface area is 198 Å². The van der Waals surface area contributed by atoms with E-state index in [0.717, 1.165) is 30.2 Å². The van der Waals surface area contributed by atoms with Gasteiger partial charge in [-0.1, -0.05) is 24.3 Å². The number of anilines is 1. The maximum Gasteiger partial charge on any atom is 0.270 e. The van der Waals surface area contributed by atoms with Crippen molar-refractivity contribution in [3.05, 3.63) is 84.4 Å². The first-order valence-electron chi connectivity index (χ1n) is 11.4. The van der Waals surface area contributed by atoms with Crippen molar-refractivity contribution in [1.82, 2.24) is 20.1 Å². The minimum Gasteiger partial charge on any atom is -0.463 e. The fraction of sp³-hybridized carbons (Fsp3) is 0.269. The lowest BCUT2D eigenvalue weighted by Crippen LogP contribution is -2.45. The van der Waals surface area contributed by atoms with E-state index in [4.69, 9.17) is 9.15 Å². The molecule has 1 aliphatic rings. The summed E-state index contributed by atoms with van der Waals surface area (Å²) in [7, 11) is 0. The standard InChI is InChI=1S/C26H27N5O3/c1-18-16-30(17-19(2)34-18)25-11-10-20(14-27-25)15-28-26(32)23-13-22(24-9-6-12-33-24)29-31(23)21-7-4-3-5-8-21/h3-14,18-19H,15-17H2,1-2H3,(H,28,32). The fourth-order valence-corrected chi connectivity index (χ4v) is 4.20. The van der Waals surface area contributed by atoms with Crippen molar-refractivity contribution in [2.75, 3.05) is 18.0 Å². The second-order valence-electron chi connectivity index (χ2n) is 8.51. The number of ether oxygens (including phenoxy) is 1. The third kappa shape index (κ3) is 4.72. The minimum absolute atomic E-state index is 0.171. The summed E-state index contributed by atoms with van der Waals surface area (Å²) in [6.07, 6.45) is 3.74. The van der Waals surface area contributed by atoms with Crippen molar-refractivity contribution in [2.45, 2.75) is 32.6 Å². The van der Waals surface area contributed by atoms with E-state index in [-0.39, 0.29) is 18.1 Å². The number of amides is 1. The van der Waals surface area contributed by atoms with Gasteiger partial charge in [-0.05, 0) is 49.7 Å². The molecule has 1 fully saturated rings. The van der Waals surface area contributed by atoms with Crippen LogP contribution >= 0.6 is 0 Å². The Hall–Kier alpha value is -3.91. The van der Waals surface area contributed by atoms with Gasteiger partial charge in [-0.3, -0.25) is 4.79 Å². The van der Waals surface area contributed by atoms with Crippen LogP contribution in [0.2, 0.25) is 0 Å². The second kappa shape index (κ2) is 9.52. The summed E-state index contributed by atoms with van der Waals surface area (Å²) in [4.78, 5) is 20.0. The van der Waals surface area contributed by atoms with Crippen LogP contribution in [-0.2, 0) is 11.3 Å². The van der Waals surface area contributed by atoms with E-state index in [2.05, 4.69) is 34.1 Å². The van der Waals surface area contributed by atoms with Crippen LogP contribution in [0.25, 0.3) is 17.1 Å². The predicted molar refractivity (Wildman–Crippen MR) is 129 cm³/mol. The zero-order chi connectivity index (χ0) is 23.5. The Morgan fingerprint density at radius 1 is 1.06 bits per heavy atom. The molecule has 0 spiro atoms. The second-order valence-corrected chi connectivity index (χ2v) is 8.51. The molecule has 2 unspecified atom stereocenters. The fourth-order valence-electron chi connectivity index (χ4n) is 4.20. The van der Waals surface area contributed by atoms with Gasteiger partial charge < -0.3 is 19.4 Å². The summed E-state index contributed by atoms with van der Waals surface area (Å²) in [6, 6.07) is 18.9. The smallest absolute Gasteiger partial charge is 0.270 e. The Balaban J connectivity index is 1.31. The Kier molecular flexibility index (Phi) is 6.14. The monoisotopic (exact) mass is 457 g/mol. The number of aromatic nitrogens is 3. The molecule has 1 amide bonds. The highest BCUT2D eigenvalue weighted by molar-refractivity contribution is 5.94. The molecular weight excluding hydrogens is 430 g/mol. The van der Waals surface area contributed by atoms with Gasteiger partial charge in [-0.2, -0.15) is 5.10 Å². The molecular formula is C26H27N5O3. The minimum atomic E-state index is -0.228. The van der Waals surface area contributed by atoms with Gasteiger partial charge in [0, 0.05) is 31.9 Å². The van der Waals surface area contributed by atoms with Crippen molar-refractivity contribution < 1.29 is 13.9 Å². The van der Waals surface area contributed by atoms with Crippen molar-refractivity contribution in [3.63, 3.8) is 0 Å². The number of rotatable bonds is 6. The normalized spacial score (nSPS) is 18.1. The molecule has 5 rings (SSSR count). The third-order valence-electron chi connectivity index (χ3n) is 5.72. The number of benzene rings is 1. The van der Waals surface area contributed by atoms with Crippen LogP contribution in [0.5, 0.6) is 0 Å². The number of hydrogen-bond donors (Lipinski definition) is 1. The molecule has 8 nitrogen and oxygen atoms in total. The molecule has 8 heteroatoms. The zero-order valence-corrected chi connectivity index (χ0v) is 19.2. The van der Waals surface area contributed by atoms with Crippen LogP contribution in [0.1, 0.15) is 29.9 Å². The quantitative estimate of drug-likeness (QED) is 0.470. The van der Waals surface area contributed by atoms with Gasteiger partial charge in [0.1, 0.15) is 17.2 Å². The molecule has 1 saturated heterocycles. The molecule has 2 atom stereocenters. The molecule has 0 saturated carbocycles. The molecule has 34 heavy (non-hydrogen) atoms. The number of nitrogens with one attached hydrogen (secondary N) is 1. The van der Waals surface area contributed by atoms with Crippen LogP contribution in [0.4, 0.5) is 5.82 Å². The van der Waals surface area contributed by atoms with Gasteiger partial charge >= 0.3 is 0 Å². The van der Waals surface area contributed by atoms with E-state index in [1.165, 1.54) is 0 Å². The summed E-state index contributed by atoms with van der Waals surface area (Å²) in [5, 5.41) is 7.60. The van der Waals surface area contributed by atoms with Crippen LogP contribution in [0.15, 0.2) is 77.5 Å². The van der Waals surface area contributed by atoms with E-state index in [1.54, 1.807) is 23.1 Å². The van der Waals surface area contributed by atoms with Crippen LogP contribution in [-0.4, -0.2) is 46.0 Å². The van der Waals surface area contributed by atoms with Crippen molar-refractivity contribution in [3.8, 4) is 17.1 Å². The third-order valence-corrected chi connectivity index (χ3v) is 5.72. The SMILES string of the molecule is CC1CN(c2ccc(CNC(=O)c3cc(-c4ccco4)nn3-c3ccccc3)cn2)CC(C)O1. The lowest BCUT2D eigenvalue weighted by molar-refractivity contribution is -0.00546. The number of nitrogens with zero attached hydrogens (tertiary/aromatic N) is 4. The molecule has 174 valence electrons. The van der Waals surface area contributed by atoms with Gasteiger partial charge in [-0.15, -0.1) is 0 Å². The van der Waals surface area contributed by atoms with Crippen LogP contribution in [0.3, 0.4) is 0 Å². The number of pyridine rings is 1. The van der Waals surface area contributed by atoms with E-state index >= 15 is 0 Å². The van der Waals surface area contributed by atoms with Gasteiger partial charge in [-0.25, -0.2) is 9.67 Å². The summed E-state index contributed by atoms with van der Waals surface area (Å²) in [6.45, 7) is 6.13. The molecule has 3 aromatic heterocycles. The molecule has 4 aromatic rings. The molecule has 4 heterocycles. The van der Waals surface area contributed by atoms with Gasteiger partial charge in [0.2, 0.25) is 0 Å². The first kappa shape index (κ1) is 21.9. The van der Waals surface area contributed by atoms with Crippen LogP contribution < -0.4 is 10.2 Å². The topological polar surface area (TPSA) is 85.4 Å². The molecule has 1 aromatic carbocycles. The number of furan rings is 1. The lowest BCUT2D eigenvalue weighted by Gasteiger charge is -2.36. The van der Waals surface area contributed by atoms with Gasteiger partial charge in [0.25, 0.3) is 5.91 Å². The number of carbonyl (C=O) groups is 1. The molecule has 1 N–H and O–H groups in total. The predicted octanol–water partition coefficient (Wildman–Crippen LogP) is 4.07. The van der Waals surface area contributed by atoms with Crippen molar-refractivity contribution in [1.29, 1.82) is 0 Å². The zero-order valence-electron chi connectivity index (χ0n) is 19.2. The van der Waals surface area contributed by atoms with Gasteiger partial charge in [0.05, 0.1) is 24.2 Å². The number of carbonyl (C=O) groups excluding carboxylic acids is 1. The van der Waals surface area contributed by atoms with Crippen molar-refractivity contribution >= 4 is 11.7 Å².